The van der Waals surface area contributed by atoms with Gasteiger partial charge in [-0.05, 0) is 30.5 Å². The Kier molecular flexibility index (Phi) is 4.65. The van der Waals surface area contributed by atoms with Gasteiger partial charge in [-0.25, -0.2) is 0 Å². The normalized spacial score (nSPS) is 10.7. The van der Waals surface area contributed by atoms with E-state index in [1.54, 1.807) is 6.92 Å². The predicted octanol–water partition coefficient (Wildman–Crippen LogP) is 3.59. The van der Waals surface area contributed by atoms with Crippen LogP contribution in [0.4, 0.5) is 5.69 Å². The van der Waals surface area contributed by atoms with Crippen molar-refractivity contribution in [3.8, 4) is 0 Å². The first-order valence-electron chi connectivity index (χ1n) is 7.08. The van der Waals surface area contributed by atoms with E-state index in [4.69, 9.17) is 9.52 Å². The fourth-order valence-electron chi connectivity index (χ4n) is 2.22. The van der Waals surface area contributed by atoms with Gasteiger partial charge in [0, 0.05) is 11.3 Å². The van der Waals surface area contributed by atoms with Gasteiger partial charge in [0.05, 0.1) is 11.8 Å². The zero-order valence-corrected chi connectivity index (χ0v) is 12.8. The Balaban J connectivity index is 2.18. The first kappa shape index (κ1) is 15.8. The Hall–Kier alpha value is -2.56. The topological polar surface area (TPSA) is 79.5 Å². The van der Waals surface area contributed by atoms with E-state index in [0.29, 0.717) is 17.2 Å². The highest BCUT2D eigenvalue weighted by Gasteiger charge is 2.20. The lowest BCUT2D eigenvalue weighted by Crippen LogP contribution is -2.15. The molecule has 0 atom stereocenters. The lowest BCUT2D eigenvalue weighted by atomic mass is 10.0. The number of furan rings is 1. The van der Waals surface area contributed by atoms with E-state index in [1.807, 2.05) is 24.3 Å². The fraction of sp³-hybridized carbons (Fsp3) is 0.294. The van der Waals surface area contributed by atoms with Crippen LogP contribution >= 0.6 is 0 Å². The summed E-state index contributed by atoms with van der Waals surface area (Å²) in [5.74, 6) is -0.811. The smallest absolute Gasteiger partial charge is 0.311 e. The van der Waals surface area contributed by atoms with Crippen molar-refractivity contribution >= 4 is 17.6 Å². The van der Waals surface area contributed by atoms with Gasteiger partial charge in [-0.15, -0.1) is 0 Å². The molecule has 1 aromatic heterocycles. The lowest BCUT2D eigenvalue weighted by molar-refractivity contribution is -0.136. The molecule has 0 spiro atoms. The molecule has 0 unspecified atom stereocenters. The number of anilines is 1. The van der Waals surface area contributed by atoms with Crippen molar-refractivity contribution in [2.45, 2.75) is 33.1 Å². The molecule has 2 rings (SSSR count). The van der Waals surface area contributed by atoms with Crippen molar-refractivity contribution in [1.82, 2.24) is 0 Å². The van der Waals surface area contributed by atoms with Crippen molar-refractivity contribution in [2.24, 2.45) is 0 Å². The number of hydrogen-bond acceptors (Lipinski definition) is 3. The van der Waals surface area contributed by atoms with Crippen LogP contribution in [0.5, 0.6) is 0 Å². The van der Waals surface area contributed by atoms with Crippen LogP contribution in [0.3, 0.4) is 0 Å². The molecule has 22 heavy (non-hydrogen) atoms. The van der Waals surface area contributed by atoms with Gasteiger partial charge in [-0.1, -0.05) is 26.0 Å². The van der Waals surface area contributed by atoms with Gasteiger partial charge < -0.3 is 14.8 Å². The van der Waals surface area contributed by atoms with Crippen LogP contribution < -0.4 is 5.32 Å². The van der Waals surface area contributed by atoms with E-state index in [0.717, 1.165) is 0 Å². The molecule has 0 radical (unpaired) electrons. The summed E-state index contributed by atoms with van der Waals surface area (Å²) in [7, 11) is 0. The van der Waals surface area contributed by atoms with Crippen LogP contribution in [-0.4, -0.2) is 17.0 Å². The summed E-state index contributed by atoms with van der Waals surface area (Å²) >= 11 is 0. The zero-order valence-electron chi connectivity index (χ0n) is 12.8. The van der Waals surface area contributed by atoms with Crippen molar-refractivity contribution in [2.75, 3.05) is 5.32 Å². The number of aryl methyl sites for hydroxylation is 1. The molecule has 1 heterocycles. The molecule has 0 saturated carbocycles. The number of carboxylic acid groups (broad SMARTS) is 1. The van der Waals surface area contributed by atoms with Crippen LogP contribution in [0.25, 0.3) is 0 Å². The van der Waals surface area contributed by atoms with Crippen LogP contribution in [0, 0.1) is 6.92 Å². The van der Waals surface area contributed by atoms with Crippen molar-refractivity contribution in [1.29, 1.82) is 0 Å². The number of hydrogen-bond donors (Lipinski definition) is 2. The molecule has 2 N–H and O–H groups in total. The van der Waals surface area contributed by atoms with Crippen LogP contribution in [-0.2, 0) is 11.2 Å². The first-order valence-corrected chi connectivity index (χ1v) is 7.08. The van der Waals surface area contributed by atoms with Gasteiger partial charge in [-0.3, -0.25) is 9.59 Å². The van der Waals surface area contributed by atoms with Gasteiger partial charge in [-0.2, -0.15) is 0 Å². The van der Waals surface area contributed by atoms with Crippen molar-refractivity contribution in [3.63, 3.8) is 0 Å². The number of aliphatic carboxylic acids is 1. The van der Waals surface area contributed by atoms with Gasteiger partial charge in [0.15, 0.2) is 0 Å². The SMILES string of the molecule is Cc1coc(CC(=O)O)c1C(=O)Nc1ccc(C(C)C)cc1. The summed E-state index contributed by atoms with van der Waals surface area (Å²) in [6.07, 6.45) is 1.08. The maximum atomic E-state index is 12.4. The minimum atomic E-state index is -1.04. The molecule has 5 nitrogen and oxygen atoms in total. The molecule has 0 saturated heterocycles. The molecule has 0 aliphatic heterocycles. The molecule has 0 bridgehead atoms. The molecule has 116 valence electrons. The van der Waals surface area contributed by atoms with Gasteiger partial charge in [0.2, 0.25) is 0 Å². The highest BCUT2D eigenvalue weighted by molar-refractivity contribution is 6.06. The Morgan fingerprint density at radius 2 is 1.86 bits per heavy atom. The molecule has 5 heteroatoms. The largest absolute Gasteiger partial charge is 0.481 e. The number of amides is 1. The minimum absolute atomic E-state index is 0.168. The van der Waals surface area contributed by atoms with E-state index in [2.05, 4.69) is 19.2 Å². The number of carbonyl (C=O) groups is 2. The third kappa shape index (κ3) is 3.55. The molecular weight excluding hydrogens is 282 g/mol. The third-order valence-electron chi connectivity index (χ3n) is 3.43. The van der Waals surface area contributed by atoms with E-state index < -0.39 is 5.97 Å². The molecule has 0 aliphatic carbocycles. The highest BCUT2D eigenvalue weighted by Crippen LogP contribution is 2.21. The minimum Gasteiger partial charge on any atom is -0.481 e. The van der Waals surface area contributed by atoms with E-state index in [1.165, 1.54) is 11.8 Å². The molecule has 2 aromatic rings. The molecule has 0 fully saturated rings. The Morgan fingerprint density at radius 3 is 2.41 bits per heavy atom. The fourth-order valence-corrected chi connectivity index (χ4v) is 2.22. The maximum absolute atomic E-state index is 12.4. The zero-order chi connectivity index (χ0) is 16.3. The Bertz CT molecular complexity index is 683. The van der Waals surface area contributed by atoms with Crippen LogP contribution in [0.1, 0.15) is 47.0 Å². The van der Waals surface area contributed by atoms with E-state index in [9.17, 15) is 9.59 Å². The van der Waals surface area contributed by atoms with Gasteiger partial charge >= 0.3 is 5.97 Å². The monoisotopic (exact) mass is 301 g/mol. The van der Waals surface area contributed by atoms with Crippen molar-refractivity contribution < 1.29 is 19.1 Å². The average molecular weight is 301 g/mol. The summed E-state index contributed by atoms with van der Waals surface area (Å²) in [6, 6.07) is 7.58. The van der Waals surface area contributed by atoms with E-state index >= 15 is 0 Å². The number of nitrogens with one attached hydrogen (secondary N) is 1. The second-order valence-corrected chi connectivity index (χ2v) is 5.52. The summed E-state index contributed by atoms with van der Waals surface area (Å²) in [4.78, 5) is 23.2. The summed E-state index contributed by atoms with van der Waals surface area (Å²) < 4.78 is 5.17. The highest BCUT2D eigenvalue weighted by atomic mass is 16.4. The number of rotatable bonds is 5. The first-order chi connectivity index (χ1) is 10.4. The van der Waals surface area contributed by atoms with Crippen LogP contribution in [0.2, 0.25) is 0 Å². The summed E-state index contributed by atoms with van der Waals surface area (Å²) in [5, 5.41) is 11.6. The van der Waals surface area contributed by atoms with Gasteiger partial charge in [0.25, 0.3) is 5.91 Å². The van der Waals surface area contributed by atoms with E-state index in [-0.39, 0.29) is 23.7 Å². The number of benzene rings is 1. The van der Waals surface area contributed by atoms with Crippen molar-refractivity contribution in [3.05, 3.63) is 53.0 Å². The molecule has 1 amide bonds. The molecule has 1 aromatic carbocycles. The Labute approximate surface area is 129 Å². The molecule has 0 aliphatic rings. The Morgan fingerprint density at radius 1 is 1.23 bits per heavy atom. The molecular formula is C17H19NO4. The van der Waals surface area contributed by atoms with Gasteiger partial charge in [0.1, 0.15) is 12.2 Å². The third-order valence-corrected chi connectivity index (χ3v) is 3.43. The predicted molar refractivity (Wildman–Crippen MR) is 83.3 cm³/mol. The summed E-state index contributed by atoms with van der Waals surface area (Å²) in [5.41, 5.74) is 2.75. The standard InChI is InChI=1S/C17H19NO4/c1-10(2)12-4-6-13(7-5-12)18-17(21)16-11(3)9-22-14(16)8-15(19)20/h4-7,9-10H,8H2,1-3H3,(H,18,21)(H,19,20). The second-order valence-electron chi connectivity index (χ2n) is 5.52. The number of carboxylic acids is 1. The van der Waals surface area contributed by atoms with Crippen LogP contribution in [0.15, 0.2) is 34.9 Å². The lowest BCUT2D eigenvalue weighted by Gasteiger charge is -2.09. The quantitative estimate of drug-likeness (QED) is 0.884. The summed E-state index contributed by atoms with van der Waals surface area (Å²) in [6.45, 7) is 5.91. The average Bonchev–Trinajstić information content (AvgIpc) is 2.79. The number of carbonyl (C=O) groups excluding carboxylic acids is 1. The maximum Gasteiger partial charge on any atom is 0.311 e. The second kappa shape index (κ2) is 6.47.